The zero-order valence-electron chi connectivity index (χ0n) is 3.20. The molecule has 0 heterocycles. The summed E-state index contributed by atoms with van der Waals surface area (Å²) < 4.78 is 25.4. The van der Waals surface area contributed by atoms with Crippen molar-refractivity contribution in [3.8, 4) is 0 Å². The zero-order chi connectivity index (χ0) is 5.91. The van der Waals surface area contributed by atoms with E-state index in [9.17, 15) is 8.78 Å². The molecule has 1 N–H and O–H groups in total. The molecule has 0 spiro atoms. The molecule has 0 amide bonds. The van der Waals surface area contributed by atoms with Crippen LogP contribution < -0.4 is 0 Å². The molecule has 0 aliphatic rings. The van der Waals surface area contributed by atoms with Crippen LogP contribution in [0.25, 0.3) is 0 Å². The number of rotatable bonds is 2. The molecule has 0 bridgehead atoms. The summed E-state index contributed by atoms with van der Waals surface area (Å²) >= 11 is 2.52. The number of hydrogen-bond donors (Lipinski definition) is 1. The Bertz CT molecular complexity index is 52.1. The number of halogens is 3. The topological polar surface area (TPSA) is 29.5 Å². The van der Waals surface area contributed by atoms with E-state index in [0.29, 0.717) is 0 Å². The van der Waals surface area contributed by atoms with Gasteiger partial charge in [-0.25, -0.2) is 0 Å². The largest absolute Gasteiger partial charge is 0.483 e. The fourth-order valence-electron chi connectivity index (χ4n) is 0.0656. The number of aliphatic hydroxyl groups is 1. The van der Waals surface area contributed by atoms with Gasteiger partial charge in [-0.2, -0.15) is 0 Å². The van der Waals surface area contributed by atoms with E-state index in [4.69, 9.17) is 5.11 Å². The van der Waals surface area contributed by atoms with E-state index >= 15 is 0 Å². The Labute approximate surface area is 47.2 Å². The van der Waals surface area contributed by atoms with Crippen molar-refractivity contribution >= 4 is 15.9 Å². The molecule has 0 aromatic rings. The van der Waals surface area contributed by atoms with Crippen LogP contribution in [0.2, 0.25) is 0 Å². The van der Waals surface area contributed by atoms with Gasteiger partial charge in [-0.05, 0) is 0 Å². The van der Waals surface area contributed by atoms with E-state index in [1.807, 2.05) is 0 Å². The minimum absolute atomic E-state index is 0.378. The summed E-state index contributed by atoms with van der Waals surface area (Å²) in [5, 5.41) is 7.43. The van der Waals surface area contributed by atoms with Gasteiger partial charge >= 0.3 is 6.29 Å². The van der Waals surface area contributed by atoms with Gasteiger partial charge in [-0.15, -0.1) is 8.78 Å². The standard InChI is InChI=1S/C2H3BrF2O2/c3-1-7-2(4,5)6/h6H,1H2. The van der Waals surface area contributed by atoms with Crippen LogP contribution >= 0.6 is 15.9 Å². The highest BCUT2D eigenvalue weighted by molar-refractivity contribution is 9.09. The maximum Gasteiger partial charge on any atom is 0.483 e. The number of alkyl halides is 3. The average molecular weight is 177 g/mol. The Morgan fingerprint density at radius 2 is 2.14 bits per heavy atom. The van der Waals surface area contributed by atoms with Crippen molar-refractivity contribution in [2.45, 2.75) is 6.29 Å². The second-order valence-electron chi connectivity index (χ2n) is 0.739. The Balaban J connectivity index is 3.15. The molecule has 2 nitrogen and oxygen atoms in total. The van der Waals surface area contributed by atoms with Crippen molar-refractivity contribution in [3.63, 3.8) is 0 Å². The number of hydrogen-bond acceptors (Lipinski definition) is 2. The normalized spacial score (nSPS) is 12.0. The third-order valence-corrected chi connectivity index (χ3v) is 0.457. The zero-order valence-corrected chi connectivity index (χ0v) is 4.78. The summed E-state index contributed by atoms with van der Waals surface area (Å²) in [5.41, 5.74) is -0.378. The van der Waals surface area contributed by atoms with E-state index in [1.165, 1.54) is 0 Å². The lowest BCUT2D eigenvalue weighted by molar-refractivity contribution is -0.362. The monoisotopic (exact) mass is 176 g/mol. The predicted molar refractivity (Wildman–Crippen MR) is 22.0 cm³/mol. The Kier molecular flexibility index (Phi) is 2.63. The van der Waals surface area contributed by atoms with Gasteiger partial charge in [-0.3, -0.25) is 4.74 Å². The van der Waals surface area contributed by atoms with Crippen LogP contribution in [0.5, 0.6) is 0 Å². The molecule has 0 fully saturated rings. The van der Waals surface area contributed by atoms with Crippen molar-refractivity contribution < 1.29 is 18.6 Å². The van der Waals surface area contributed by atoms with Crippen LogP contribution in [0.15, 0.2) is 0 Å². The molecular formula is C2H3BrF2O2. The van der Waals surface area contributed by atoms with Gasteiger partial charge in [0.25, 0.3) is 0 Å². The first-order chi connectivity index (χ1) is 3.06. The van der Waals surface area contributed by atoms with E-state index in [-0.39, 0.29) is 5.52 Å². The van der Waals surface area contributed by atoms with Gasteiger partial charge < -0.3 is 5.11 Å². The Hall–Kier alpha value is 0.260. The molecule has 0 unspecified atom stereocenters. The maximum absolute atomic E-state index is 11.0. The van der Waals surface area contributed by atoms with Crippen molar-refractivity contribution in [1.82, 2.24) is 0 Å². The number of ether oxygens (including phenoxy) is 1. The summed E-state index contributed by atoms with van der Waals surface area (Å²) in [7, 11) is 0. The smallest absolute Gasteiger partial charge is 0.311 e. The van der Waals surface area contributed by atoms with Crippen molar-refractivity contribution in [2.75, 3.05) is 5.52 Å². The summed E-state index contributed by atoms with van der Waals surface area (Å²) in [6.07, 6.45) is -4.00. The third kappa shape index (κ3) is 6.26. The first-order valence-electron chi connectivity index (χ1n) is 1.36. The van der Waals surface area contributed by atoms with Crippen molar-refractivity contribution in [1.29, 1.82) is 0 Å². The van der Waals surface area contributed by atoms with Gasteiger partial charge in [0, 0.05) is 0 Å². The van der Waals surface area contributed by atoms with E-state index < -0.39 is 6.29 Å². The van der Waals surface area contributed by atoms with Crippen LogP contribution in [0.3, 0.4) is 0 Å². The van der Waals surface area contributed by atoms with Gasteiger partial charge in [0.15, 0.2) is 0 Å². The van der Waals surface area contributed by atoms with Gasteiger partial charge in [-0.1, -0.05) is 15.9 Å². The van der Waals surface area contributed by atoms with Gasteiger partial charge in [0.2, 0.25) is 0 Å². The molecule has 44 valence electrons. The molecule has 7 heavy (non-hydrogen) atoms. The fourth-order valence-corrected chi connectivity index (χ4v) is 0.341. The first-order valence-corrected chi connectivity index (χ1v) is 2.48. The average Bonchev–Trinajstić information content (AvgIpc) is 1.30. The molecule has 0 radical (unpaired) electrons. The predicted octanol–water partition coefficient (Wildman–Crippen LogP) is 0.898. The minimum Gasteiger partial charge on any atom is -0.311 e. The first kappa shape index (κ1) is 7.26. The van der Waals surface area contributed by atoms with E-state index in [1.54, 1.807) is 0 Å². The highest BCUT2D eigenvalue weighted by atomic mass is 79.9. The highest BCUT2D eigenvalue weighted by Gasteiger charge is 2.24. The Morgan fingerprint density at radius 3 is 2.14 bits per heavy atom. The summed E-state index contributed by atoms with van der Waals surface area (Å²) in [6, 6.07) is 0. The second kappa shape index (κ2) is 2.54. The lowest BCUT2D eigenvalue weighted by Crippen LogP contribution is -2.17. The van der Waals surface area contributed by atoms with Crippen LogP contribution in [-0.2, 0) is 4.74 Å². The summed E-state index contributed by atoms with van der Waals surface area (Å²) in [6.45, 7) is 0. The molecule has 0 rings (SSSR count). The Morgan fingerprint density at radius 1 is 1.71 bits per heavy atom. The third-order valence-electron chi connectivity index (χ3n) is 0.228. The molecule has 0 aliphatic carbocycles. The van der Waals surface area contributed by atoms with E-state index in [0.717, 1.165) is 0 Å². The molecule has 0 aromatic heterocycles. The minimum atomic E-state index is -4.00. The van der Waals surface area contributed by atoms with Crippen LogP contribution in [-0.4, -0.2) is 16.9 Å². The molecule has 0 saturated heterocycles. The lowest BCUT2D eigenvalue weighted by atomic mass is 11.2. The molecule has 0 aromatic carbocycles. The molecule has 0 atom stereocenters. The quantitative estimate of drug-likeness (QED) is 0.501. The molecule has 0 aliphatic heterocycles. The maximum atomic E-state index is 11.0. The molecular weight excluding hydrogens is 174 g/mol. The van der Waals surface area contributed by atoms with Crippen LogP contribution in [0, 0.1) is 0 Å². The molecule has 5 heteroatoms. The van der Waals surface area contributed by atoms with Crippen molar-refractivity contribution in [2.24, 2.45) is 0 Å². The van der Waals surface area contributed by atoms with Crippen LogP contribution in [0.4, 0.5) is 8.78 Å². The van der Waals surface area contributed by atoms with Gasteiger partial charge in [0.1, 0.15) is 5.52 Å². The highest BCUT2D eigenvalue weighted by Crippen LogP contribution is 2.09. The fraction of sp³-hybridized carbons (Fsp3) is 1.00. The summed E-state index contributed by atoms with van der Waals surface area (Å²) in [4.78, 5) is 0. The van der Waals surface area contributed by atoms with E-state index in [2.05, 4.69) is 20.7 Å². The SMILES string of the molecule is OC(F)(F)OCBr. The van der Waals surface area contributed by atoms with Gasteiger partial charge in [0.05, 0.1) is 0 Å². The molecule has 0 saturated carbocycles. The van der Waals surface area contributed by atoms with Crippen molar-refractivity contribution in [3.05, 3.63) is 0 Å². The van der Waals surface area contributed by atoms with Crippen LogP contribution in [0.1, 0.15) is 0 Å². The summed E-state index contributed by atoms with van der Waals surface area (Å²) in [5.74, 6) is 0. The lowest BCUT2D eigenvalue weighted by Gasteiger charge is -2.03. The second-order valence-corrected chi connectivity index (χ2v) is 1.20.